The number of methoxy groups -OCH3 is 1. The number of hydrogen-bond acceptors (Lipinski definition) is 6. The van der Waals surface area contributed by atoms with Gasteiger partial charge in [-0.2, -0.15) is 4.31 Å². The molecule has 9 heteroatoms. The van der Waals surface area contributed by atoms with Crippen molar-refractivity contribution in [1.29, 1.82) is 0 Å². The number of piperazine rings is 1. The van der Waals surface area contributed by atoms with Crippen LogP contribution in [0.2, 0.25) is 0 Å². The van der Waals surface area contributed by atoms with E-state index in [0.29, 0.717) is 43.4 Å². The molecule has 0 radical (unpaired) electrons. The normalized spacial score (nSPS) is 15.2. The molecule has 42 heavy (non-hydrogen) atoms. The van der Waals surface area contributed by atoms with Crippen molar-refractivity contribution in [2.24, 2.45) is 0 Å². The van der Waals surface area contributed by atoms with Crippen LogP contribution in [0.5, 0.6) is 11.5 Å². The first kappa shape index (κ1) is 29.3. The lowest BCUT2D eigenvalue weighted by atomic mass is 9.96. The van der Waals surface area contributed by atoms with Crippen molar-refractivity contribution in [3.8, 4) is 11.5 Å². The van der Waals surface area contributed by atoms with Gasteiger partial charge in [-0.25, -0.2) is 8.42 Å². The zero-order valence-corrected chi connectivity index (χ0v) is 24.5. The predicted molar refractivity (Wildman–Crippen MR) is 163 cm³/mol. The molecule has 5 rings (SSSR count). The van der Waals surface area contributed by atoms with Crippen LogP contribution in [0.1, 0.15) is 24.1 Å². The van der Waals surface area contributed by atoms with Crippen LogP contribution in [0, 0.1) is 0 Å². The molecule has 1 unspecified atom stereocenters. The first-order valence-corrected chi connectivity index (χ1v) is 15.3. The minimum Gasteiger partial charge on any atom is -0.497 e. The number of amides is 1. The number of nitrogens with zero attached hydrogens (tertiary/aromatic N) is 2. The Morgan fingerprint density at radius 1 is 0.738 bits per heavy atom. The molecule has 1 atom stereocenters. The topological polar surface area (TPSA) is 88.2 Å². The summed E-state index contributed by atoms with van der Waals surface area (Å²) < 4.78 is 39.4. The summed E-state index contributed by atoms with van der Waals surface area (Å²) in [6.45, 7) is 3.63. The number of carbonyl (C=O) groups is 1. The lowest BCUT2D eigenvalue weighted by molar-refractivity contribution is -0.122. The van der Waals surface area contributed by atoms with Crippen molar-refractivity contribution in [2.75, 3.05) is 38.6 Å². The molecule has 1 N–H and O–H groups in total. The summed E-state index contributed by atoms with van der Waals surface area (Å²) in [6, 6.07) is 33.9. The molecular weight excluding hydrogens is 550 g/mol. The number of hydrogen-bond donors (Lipinski definition) is 1. The largest absolute Gasteiger partial charge is 0.497 e. The van der Waals surface area contributed by atoms with Gasteiger partial charge in [-0.3, -0.25) is 9.69 Å². The second-order valence-electron chi connectivity index (χ2n) is 10.1. The van der Waals surface area contributed by atoms with Crippen LogP contribution in [-0.4, -0.2) is 62.9 Å². The molecule has 1 fully saturated rings. The maximum Gasteiger partial charge on any atom is 0.265 e. The van der Waals surface area contributed by atoms with Crippen molar-refractivity contribution in [3.05, 3.63) is 120 Å². The van der Waals surface area contributed by atoms with Gasteiger partial charge in [-0.15, -0.1) is 0 Å². The van der Waals surface area contributed by atoms with Gasteiger partial charge in [0, 0.05) is 31.9 Å². The van der Waals surface area contributed by atoms with Crippen LogP contribution >= 0.6 is 0 Å². The Hall–Kier alpha value is -4.18. The minimum atomic E-state index is -3.69. The van der Waals surface area contributed by atoms with Gasteiger partial charge < -0.3 is 14.8 Å². The van der Waals surface area contributed by atoms with E-state index in [1.165, 1.54) is 27.6 Å². The van der Waals surface area contributed by atoms with Crippen LogP contribution in [0.15, 0.2) is 114 Å². The van der Waals surface area contributed by atoms with Crippen molar-refractivity contribution < 1.29 is 22.7 Å². The summed E-state index contributed by atoms with van der Waals surface area (Å²) in [5, 5.41) is 2.79. The smallest absolute Gasteiger partial charge is 0.265 e. The van der Waals surface area contributed by atoms with E-state index in [1.807, 2.05) is 36.4 Å². The van der Waals surface area contributed by atoms with E-state index in [4.69, 9.17) is 9.47 Å². The second-order valence-corrected chi connectivity index (χ2v) is 12.1. The molecule has 0 saturated carbocycles. The number of rotatable bonds is 10. The van der Waals surface area contributed by atoms with E-state index in [0.717, 1.165) is 0 Å². The van der Waals surface area contributed by atoms with Gasteiger partial charge in [0.15, 0.2) is 6.10 Å². The third-order valence-electron chi connectivity index (χ3n) is 7.37. The predicted octanol–water partition coefficient (Wildman–Crippen LogP) is 5.20. The van der Waals surface area contributed by atoms with Crippen LogP contribution in [0.3, 0.4) is 0 Å². The van der Waals surface area contributed by atoms with Gasteiger partial charge >= 0.3 is 0 Å². The van der Waals surface area contributed by atoms with Gasteiger partial charge in [0.25, 0.3) is 5.91 Å². The van der Waals surface area contributed by atoms with Gasteiger partial charge in [0.05, 0.1) is 18.0 Å². The minimum absolute atomic E-state index is 0.0521. The number of carbonyl (C=O) groups excluding carboxylic acids is 1. The highest BCUT2D eigenvalue weighted by molar-refractivity contribution is 7.89. The fourth-order valence-electron chi connectivity index (χ4n) is 5.10. The van der Waals surface area contributed by atoms with Crippen LogP contribution in [0.25, 0.3) is 0 Å². The van der Waals surface area contributed by atoms with Crippen molar-refractivity contribution in [2.45, 2.75) is 24.0 Å². The van der Waals surface area contributed by atoms with Crippen molar-refractivity contribution in [3.63, 3.8) is 0 Å². The molecule has 0 spiro atoms. The molecule has 218 valence electrons. The Balaban J connectivity index is 1.20. The standard InChI is InChI=1S/C33H35N3O5S/c1-25(41-30-17-15-29(40-2)16-18-30)33(37)34-28-13-19-31(20-14-28)42(38,39)36-23-21-35(22-24-36)32(26-9-5-3-6-10-26)27-11-7-4-8-12-27/h3-20,25,32H,21-24H2,1-2H3,(H,34,37). The summed E-state index contributed by atoms with van der Waals surface area (Å²) in [5.41, 5.74) is 2.85. The Morgan fingerprint density at radius 2 is 1.26 bits per heavy atom. The lowest BCUT2D eigenvalue weighted by Crippen LogP contribution is -2.49. The molecule has 0 aromatic heterocycles. The summed E-state index contributed by atoms with van der Waals surface area (Å²) in [6.07, 6.45) is -0.756. The van der Waals surface area contributed by atoms with E-state index >= 15 is 0 Å². The van der Waals surface area contributed by atoms with Gasteiger partial charge in [-0.1, -0.05) is 60.7 Å². The fraction of sp³-hybridized carbons (Fsp3) is 0.242. The fourth-order valence-corrected chi connectivity index (χ4v) is 6.52. The van der Waals surface area contributed by atoms with E-state index < -0.39 is 16.1 Å². The Labute approximate surface area is 247 Å². The van der Waals surface area contributed by atoms with Gasteiger partial charge in [0.1, 0.15) is 11.5 Å². The SMILES string of the molecule is COc1ccc(OC(C)C(=O)Nc2ccc(S(=O)(=O)N3CCN(C(c4ccccc4)c4ccccc4)CC3)cc2)cc1. The highest BCUT2D eigenvalue weighted by Crippen LogP contribution is 2.30. The highest BCUT2D eigenvalue weighted by Gasteiger charge is 2.32. The van der Waals surface area contributed by atoms with E-state index in [1.54, 1.807) is 50.4 Å². The zero-order valence-electron chi connectivity index (χ0n) is 23.7. The van der Waals surface area contributed by atoms with Gasteiger partial charge in [-0.05, 0) is 66.6 Å². The summed E-state index contributed by atoms with van der Waals surface area (Å²) >= 11 is 0. The Kier molecular flexibility index (Phi) is 9.22. The molecule has 0 bridgehead atoms. The first-order chi connectivity index (χ1) is 20.3. The summed E-state index contributed by atoms with van der Waals surface area (Å²) in [4.78, 5) is 15.2. The number of sulfonamides is 1. The average molecular weight is 586 g/mol. The number of nitrogens with one attached hydrogen (secondary N) is 1. The van der Waals surface area contributed by atoms with Crippen molar-refractivity contribution in [1.82, 2.24) is 9.21 Å². The van der Waals surface area contributed by atoms with E-state index in [2.05, 4.69) is 34.5 Å². The lowest BCUT2D eigenvalue weighted by Gasteiger charge is -2.39. The molecule has 8 nitrogen and oxygen atoms in total. The molecule has 0 aliphatic carbocycles. The average Bonchev–Trinajstić information content (AvgIpc) is 3.03. The number of anilines is 1. The molecule has 1 amide bonds. The van der Waals surface area contributed by atoms with Gasteiger partial charge in [0.2, 0.25) is 10.0 Å². The maximum atomic E-state index is 13.5. The number of benzene rings is 4. The van der Waals surface area contributed by atoms with Crippen LogP contribution < -0.4 is 14.8 Å². The monoisotopic (exact) mass is 585 g/mol. The molecule has 1 saturated heterocycles. The third kappa shape index (κ3) is 6.82. The first-order valence-electron chi connectivity index (χ1n) is 13.9. The van der Waals surface area contributed by atoms with Crippen LogP contribution in [-0.2, 0) is 14.8 Å². The zero-order chi connectivity index (χ0) is 29.5. The molecule has 4 aromatic rings. The molecule has 4 aromatic carbocycles. The van der Waals surface area contributed by atoms with E-state index in [9.17, 15) is 13.2 Å². The maximum absolute atomic E-state index is 13.5. The number of ether oxygens (including phenoxy) is 2. The summed E-state index contributed by atoms with van der Waals surface area (Å²) in [7, 11) is -2.11. The molecular formula is C33H35N3O5S. The second kappa shape index (κ2) is 13.2. The highest BCUT2D eigenvalue weighted by atomic mass is 32.2. The Bertz CT molecular complexity index is 1520. The quantitative estimate of drug-likeness (QED) is 0.275. The third-order valence-corrected chi connectivity index (χ3v) is 9.28. The molecule has 1 aliphatic rings. The van der Waals surface area contributed by atoms with Crippen LogP contribution in [0.4, 0.5) is 5.69 Å². The van der Waals surface area contributed by atoms with E-state index in [-0.39, 0.29) is 16.8 Å². The molecule has 1 aliphatic heterocycles. The summed E-state index contributed by atoms with van der Waals surface area (Å²) in [5.74, 6) is 0.891. The Morgan fingerprint density at radius 3 is 1.79 bits per heavy atom. The van der Waals surface area contributed by atoms with Crippen molar-refractivity contribution >= 4 is 21.6 Å². The molecule has 1 heterocycles.